The highest BCUT2D eigenvalue weighted by Crippen LogP contribution is 2.08. The molecule has 0 fully saturated rings. The van der Waals surface area contributed by atoms with Crippen LogP contribution < -0.4 is 44.2 Å². The Morgan fingerprint density at radius 1 is 0.800 bits per heavy atom. The Hall–Kier alpha value is -4.31. The van der Waals surface area contributed by atoms with Crippen LogP contribution in [-0.2, 0) is 25.6 Å². The van der Waals surface area contributed by atoms with E-state index in [4.69, 9.17) is 22.9 Å². The number of hydrogen-bond donors (Lipinski definition) is 9. The monoisotopic (exact) mass is 676 g/mol. The molecule has 0 spiro atoms. The number of amides is 4. The molecule has 254 valence electrons. The molecule has 0 heterocycles. The number of halogens is 2. The van der Waals surface area contributed by atoms with Gasteiger partial charge in [0.2, 0.25) is 11.8 Å². The highest BCUT2D eigenvalue weighted by molar-refractivity contribution is 5.93. The zero-order chi connectivity index (χ0) is 32.4. The van der Waals surface area contributed by atoms with Gasteiger partial charge in [0.1, 0.15) is 24.4 Å². The van der Waals surface area contributed by atoms with Gasteiger partial charge in [-0.15, -0.1) is 24.8 Å². The zero-order valence-corrected chi connectivity index (χ0v) is 26.9. The third-order valence-electron chi connectivity index (χ3n) is 6.16. The fourth-order valence-corrected chi connectivity index (χ4v) is 3.94. The van der Waals surface area contributed by atoms with Crippen LogP contribution in [0.25, 0.3) is 0 Å². The van der Waals surface area contributed by atoms with Crippen molar-refractivity contribution in [2.45, 2.75) is 70.1 Å². The van der Waals surface area contributed by atoms with E-state index in [2.05, 4.69) is 31.3 Å². The number of rotatable bonds is 19. The SMILES string of the molecule is CC(C)[C@H](NC(=O)[C@H](CCCN=C(N)N)NC(=O)N[C@@H](Cc1ccccc1)C(=O)O)C(=O)NC(C=O)CCCN=C(N)N.Cl.Cl. The molecular formula is C27H46Cl2N10O6. The Labute approximate surface area is 274 Å². The average molecular weight is 678 g/mol. The lowest BCUT2D eigenvalue weighted by atomic mass is 10.0. The topological polar surface area (TPSA) is 282 Å². The van der Waals surface area contributed by atoms with Gasteiger partial charge in [-0.05, 0) is 37.2 Å². The standard InChI is InChI=1S/C27H44N10O6.2ClH/c1-16(2)21(23(40)34-18(15-38)10-6-12-32-25(28)29)37-22(39)19(11-7-13-33-26(30)31)35-27(43)36-20(24(41)42)14-17-8-4-3-5-9-17;;/h3-5,8-9,15-16,18-21H,6-7,10-14H2,1-2H3,(H,34,40)(H,37,39)(H,41,42)(H4,28,29,32)(H4,30,31,33)(H2,35,36,43);2*1H/t18?,19-,20-,21-;;/m0../s1. The number of nitrogens with zero attached hydrogens (tertiary/aromatic N) is 2. The molecule has 1 unspecified atom stereocenters. The summed E-state index contributed by atoms with van der Waals surface area (Å²) >= 11 is 0. The van der Waals surface area contributed by atoms with Gasteiger partial charge >= 0.3 is 12.0 Å². The molecule has 0 radical (unpaired) electrons. The molecule has 13 N–H and O–H groups in total. The van der Waals surface area contributed by atoms with Crippen LogP contribution in [-0.4, -0.2) is 84.4 Å². The number of nitrogens with one attached hydrogen (secondary N) is 4. The molecule has 0 aliphatic carbocycles. The molecule has 1 aromatic carbocycles. The van der Waals surface area contributed by atoms with Crippen molar-refractivity contribution in [3.63, 3.8) is 0 Å². The summed E-state index contributed by atoms with van der Waals surface area (Å²) in [4.78, 5) is 70.3. The predicted molar refractivity (Wildman–Crippen MR) is 176 cm³/mol. The van der Waals surface area contributed by atoms with E-state index in [1.807, 2.05) is 0 Å². The minimum atomic E-state index is -1.27. The molecule has 0 aliphatic rings. The summed E-state index contributed by atoms with van der Waals surface area (Å²) in [7, 11) is 0. The molecule has 0 aliphatic heterocycles. The molecule has 1 aromatic rings. The van der Waals surface area contributed by atoms with Gasteiger partial charge in [-0.25, -0.2) is 9.59 Å². The van der Waals surface area contributed by atoms with Gasteiger partial charge in [-0.3, -0.25) is 19.6 Å². The molecule has 18 heteroatoms. The summed E-state index contributed by atoms with van der Waals surface area (Å²) in [5.74, 6) is -3.17. The Morgan fingerprint density at radius 2 is 1.33 bits per heavy atom. The summed E-state index contributed by atoms with van der Waals surface area (Å²) in [6.07, 6.45) is 1.65. The van der Waals surface area contributed by atoms with Crippen LogP contribution in [0.2, 0.25) is 0 Å². The van der Waals surface area contributed by atoms with Gasteiger partial charge in [0.05, 0.1) is 6.04 Å². The Bertz CT molecular complexity index is 1130. The quantitative estimate of drug-likeness (QED) is 0.0377. The summed E-state index contributed by atoms with van der Waals surface area (Å²) in [5, 5.41) is 19.7. The number of carboxylic acids is 1. The average Bonchev–Trinajstić information content (AvgIpc) is 2.94. The van der Waals surface area contributed by atoms with E-state index in [0.717, 1.165) is 0 Å². The predicted octanol–water partition coefficient (Wildman–Crippen LogP) is -0.875. The zero-order valence-electron chi connectivity index (χ0n) is 25.3. The van der Waals surface area contributed by atoms with Crippen molar-refractivity contribution in [3.05, 3.63) is 35.9 Å². The highest BCUT2D eigenvalue weighted by Gasteiger charge is 2.30. The van der Waals surface area contributed by atoms with E-state index in [0.29, 0.717) is 18.3 Å². The van der Waals surface area contributed by atoms with Crippen molar-refractivity contribution < 1.29 is 29.1 Å². The third kappa shape index (κ3) is 18.2. The minimum Gasteiger partial charge on any atom is -0.480 e. The maximum atomic E-state index is 13.3. The number of aliphatic carboxylic acids is 1. The number of carbonyl (C=O) groups is 5. The lowest BCUT2D eigenvalue weighted by molar-refractivity contribution is -0.139. The number of urea groups is 1. The van der Waals surface area contributed by atoms with Crippen molar-refractivity contribution in [2.24, 2.45) is 38.8 Å². The number of aldehydes is 1. The van der Waals surface area contributed by atoms with Crippen LogP contribution in [0.15, 0.2) is 40.3 Å². The van der Waals surface area contributed by atoms with E-state index in [9.17, 15) is 29.1 Å². The maximum absolute atomic E-state index is 13.3. The molecule has 0 saturated carbocycles. The van der Waals surface area contributed by atoms with Crippen molar-refractivity contribution in [1.29, 1.82) is 0 Å². The second kappa shape index (κ2) is 23.1. The minimum absolute atomic E-state index is 0. The van der Waals surface area contributed by atoms with E-state index < -0.39 is 53.9 Å². The molecule has 0 bridgehead atoms. The molecule has 4 amide bonds. The van der Waals surface area contributed by atoms with Crippen LogP contribution in [0.3, 0.4) is 0 Å². The number of hydrogen-bond acceptors (Lipinski definition) is 7. The maximum Gasteiger partial charge on any atom is 0.326 e. The van der Waals surface area contributed by atoms with Crippen LogP contribution in [0.5, 0.6) is 0 Å². The van der Waals surface area contributed by atoms with Crippen LogP contribution in [0.4, 0.5) is 4.79 Å². The number of nitrogens with two attached hydrogens (primary N) is 4. The van der Waals surface area contributed by atoms with Crippen molar-refractivity contribution in [3.8, 4) is 0 Å². The number of carbonyl (C=O) groups excluding carboxylic acids is 4. The van der Waals surface area contributed by atoms with Crippen molar-refractivity contribution in [2.75, 3.05) is 13.1 Å². The first kappa shape index (κ1) is 42.8. The highest BCUT2D eigenvalue weighted by atomic mass is 35.5. The van der Waals surface area contributed by atoms with Gasteiger partial charge in [0.25, 0.3) is 0 Å². The van der Waals surface area contributed by atoms with Gasteiger partial charge in [0, 0.05) is 19.5 Å². The van der Waals surface area contributed by atoms with Crippen LogP contribution >= 0.6 is 24.8 Å². The van der Waals surface area contributed by atoms with Gasteiger partial charge in [-0.1, -0.05) is 44.2 Å². The first-order valence-electron chi connectivity index (χ1n) is 13.8. The number of carboxylic acid groups (broad SMARTS) is 1. The fraction of sp³-hybridized carbons (Fsp3) is 0.519. The third-order valence-corrected chi connectivity index (χ3v) is 6.16. The van der Waals surface area contributed by atoms with Crippen molar-refractivity contribution >= 4 is 66.8 Å². The lowest BCUT2D eigenvalue weighted by Crippen LogP contribution is -2.58. The summed E-state index contributed by atoms with van der Waals surface area (Å²) in [5.41, 5.74) is 22.0. The largest absolute Gasteiger partial charge is 0.480 e. The Kier molecular flexibility index (Phi) is 22.0. The summed E-state index contributed by atoms with van der Waals surface area (Å²) in [6.45, 7) is 3.84. The second-order valence-electron chi connectivity index (χ2n) is 10.1. The van der Waals surface area contributed by atoms with Gasteiger partial charge in [0.15, 0.2) is 11.9 Å². The lowest BCUT2D eigenvalue weighted by Gasteiger charge is -2.27. The smallest absolute Gasteiger partial charge is 0.326 e. The van der Waals surface area contributed by atoms with Crippen molar-refractivity contribution in [1.82, 2.24) is 21.3 Å². The van der Waals surface area contributed by atoms with E-state index in [1.54, 1.807) is 44.2 Å². The van der Waals surface area contributed by atoms with Gasteiger partial charge in [-0.2, -0.15) is 0 Å². The van der Waals surface area contributed by atoms with E-state index in [-0.39, 0.29) is 75.5 Å². The molecular weight excluding hydrogens is 631 g/mol. The fourth-order valence-electron chi connectivity index (χ4n) is 3.94. The Morgan fingerprint density at radius 3 is 1.82 bits per heavy atom. The van der Waals surface area contributed by atoms with Crippen LogP contribution in [0, 0.1) is 5.92 Å². The number of guanidine groups is 2. The molecule has 1 rings (SSSR count). The summed E-state index contributed by atoms with van der Waals surface area (Å²) < 4.78 is 0. The van der Waals surface area contributed by atoms with E-state index >= 15 is 0 Å². The van der Waals surface area contributed by atoms with Crippen LogP contribution in [0.1, 0.15) is 45.1 Å². The first-order valence-corrected chi connectivity index (χ1v) is 13.8. The summed E-state index contributed by atoms with van der Waals surface area (Å²) in [6, 6.07) is 3.51. The normalized spacial score (nSPS) is 12.8. The molecule has 4 atom stereocenters. The van der Waals surface area contributed by atoms with E-state index in [1.165, 1.54) is 0 Å². The number of aliphatic imine (C=N–C) groups is 2. The molecule has 0 aromatic heterocycles. The molecule has 0 saturated heterocycles. The second-order valence-corrected chi connectivity index (χ2v) is 10.1. The molecule has 45 heavy (non-hydrogen) atoms. The van der Waals surface area contributed by atoms with Gasteiger partial charge < -0.3 is 54.1 Å². The number of benzene rings is 1. The first-order chi connectivity index (χ1) is 20.3. The Balaban J connectivity index is 0. The molecule has 16 nitrogen and oxygen atoms in total.